The highest BCUT2D eigenvalue weighted by atomic mass is 79.9. The number of benzene rings is 3. The molecule has 0 aliphatic heterocycles. The Hall–Kier alpha value is -2.84. The second-order valence-electron chi connectivity index (χ2n) is 7.40. The first-order valence-corrected chi connectivity index (χ1v) is 12.9. The maximum Gasteiger partial charge on any atom is 0.264 e. The van der Waals surface area contributed by atoms with E-state index in [4.69, 9.17) is 4.74 Å². The van der Waals surface area contributed by atoms with E-state index in [1.54, 1.807) is 36.4 Å². The predicted molar refractivity (Wildman–Crippen MR) is 135 cm³/mol. The third-order valence-corrected chi connectivity index (χ3v) is 7.45. The molecule has 6 nitrogen and oxygen atoms in total. The van der Waals surface area contributed by atoms with E-state index in [0.29, 0.717) is 18.0 Å². The van der Waals surface area contributed by atoms with Crippen LogP contribution in [-0.2, 0) is 21.2 Å². The molecule has 0 saturated heterocycles. The SMILES string of the molecule is CCOc1ccc(N(CC(=O)Nc2c(C)cccc2CC)S(=O)(=O)c2ccc(Br)cc2)cc1. The Morgan fingerprint density at radius 1 is 1.00 bits per heavy atom. The Morgan fingerprint density at radius 3 is 2.27 bits per heavy atom. The summed E-state index contributed by atoms with van der Waals surface area (Å²) in [5.41, 5.74) is 3.01. The summed E-state index contributed by atoms with van der Waals surface area (Å²) < 4.78 is 34.4. The molecule has 0 aliphatic carbocycles. The van der Waals surface area contributed by atoms with Gasteiger partial charge in [-0.15, -0.1) is 0 Å². The molecule has 174 valence electrons. The fraction of sp³-hybridized carbons (Fsp3) is 0.240. The van der Waals surface area contributed by atoms with Gasteiger partial charge in [-0.1, -0.05) is 41.1 Å². The zero-order chi connectivity index (χ0) is 24.0. The topological polar surface area (TPSA) is 75.7 Å². The van der Waals surface area contributed by atoms with Crippen LogP contribution in [0.25, 0.3) is 0 Å². The fourth-order valence-electron chi connectivity index (χ4n) is 3.44. The van der Waals surface area contributed by atoms with Crippen LogP contribution in [0.5, 0.6) is 5.75 Å². The molecule has 3 aromatic rings. The van der Waals surface area contributed by atoms with E-state index in [1.165, 1.54) is 12.1 Å². The zero-order valence-corrected chi connectivity index (χ0v) is 21.2. The largest absolute Gasteiger partial charge is 0.494 e. The summed E-state index contributed by atoms with van der Waals surface area (Å²) in [5.74, 6) is 0.202. The Balaban J connectivity index is 1.96. The molecule has 0 unspecified atom stereocenters. The van der Waals surface area contributed by atoms with Gasteiger partial charge in [0.25, 0.3) is 10.0 Å². The summed E-state index contributed by atoms with van der Waals surface area (Å²) in [6.07, 6.45) is 0.747. The minimum atomic E-state index is -4.00. The predicted octanol–water partition coefficient (Wildman–Crippen LogP) is 5.55. The van der Waals surface area contributed by atoms with Gasteiger partial charge in [0.15, 0.2) is 0 Å². The molecule has 3 rings (SSSR count). The Kier molecular flexibility index (Phi) is 8.15. The van der Waals surface area contributed by atoms with Crippen molar-refractivity contribution in [3.05, 3.63) is 82.3 Å². The standard InChI is InChI=1S/C25H27BrN2O4S/c1-4-19-8-6-7-18(3)25(19)27-24(29)17-28(21-11-13-22(14-12-21)32-5-2)33(30,31)23-15-9-20(26)10-16-23/h6-16H,4-5,17H2,1-3H3,(H,27,29). The Bertz CT molecular complexity index is 1210. The average Bonchev–Trinajstić information content (AvgIpc) is 2.80. The van der Waals surface area contributed by atoms with Crippen molar-refractivity contribution in [2.45, 2.75) is 32.1 Å². The number of aryl methyl sites for hydroxylation is 2. The number of nitrogens with one attached hydrogen (secondary N) is 1. The van der Waals surface area contributed by atoms with Crippen molar-refractivity contribution in [3.8, 4) is 5.75 Å². The number of nitrogens with zero attached hydrogens (tertiary/aromatic N) is 1. The number of hydrogen-bond donors (Lipinski definition) is 1. The molecule has 0 aromatic heterocycles. The van der Waals surface area contributed by atoms with Gasteiger partial charge in [-0.05, 0) is 79.9 Å². The van der Waals surface area contributed by atoms with Gasteiger partial charge >= 0.3 is 0 Å². The number of sulfonamides is 1. The lowest BCUT2D eigenvalue weighted by molar-refractivity contribution is -0.114. The summed E-state index contributed by atoms with van der Waals surface area (Å²) in [6, 6.07) is 18.8. The van der Waals surface area contributed by atoms with Gasteiger partial charge in [0.2, 0.25) is 5.91 Å². The highest BCUT2D eigenvalue weighted by Gasteiger charge is 2.27. The normalized spacial score (nSPS) is 11.2. The van der Waals surface area contributed by atoms with Crippen molar-refractivity contribution in [2.24, 2.45) is 0 Å². The Labute approximate surface area is 203 Å². The van der Waals surface area contributed by atoms with Crippen molar-refractivity contribution in [1.29, 1.82) is 0 Å². The smallest absolute Gasteiger partial charge is 0.264 e. The van der Waals surface area contributed by atoms with Gasteiger partial charge in [0.1, 0.15) is 12.3 Å². The molecule has 0 fully saturated rings. The highest BCUT2D eigenvalue weighted by molar-refractivity contribution is 9.10. The lowest BCUT2D eigenvalue weighted by Crippen LogP contribution is -2.38. The summed E-state index contributed by atoms with van der Waals surface area (Å²) in [7, 11) is -4.00. The first-order chi connectivity index (χ1) is 15.8. The van der Waals surface area contributed by atoms with Crippen LogP contribution in [0.15, 0.2) is 76.1 Å². The van der Waals surface area contributed by atoms with Crippen molar-refractivity contribution >= 4 is 43.2 Å². The minimum Gasteiger partial charge on any atom is -0.494 e. The quantitative estimate of drug-likeness (QED) is 0.393. The lowest BCUT2D eigenvalue weighted by atomic mass is 10.1. The zero-order valence-electron chi connectivity index (χ0n) is 18.8. The molecule has 33 heavy (non-hydrogen) atoms. The van der Waals surface area contributed by atoms with Gasteiger partial charge in [-0.3, -0.25) is 9.10 Å². The number of anilines is 2. The average molecular weight is 531 g/mol. The van der Waals surface area contributed by atoms with E-state index in [-0.39, 0.29) is 11.4 Å². The van der Waals surface area contributed by atoms with Gasteiger partial charge in [0, 0.05) is 10.2 Å². The molecule has 0 atom stereocenters. The van der Waals surface area contributed by atoms with Crippen LogP contribution >= 0.6 is 15.9 Å². The number of amides is 1. The number of para-hydroxylation sites is 1. The van der Waals surface area contributed by atoms with Gasteiger partial charge < -0.3 is 10.1 Å². The van der Waals surface area contributed by atoms with E-state index >= 15 is 0 Å². The molecular formula is C25H27BrN2O4S. The van der Waals surface area contributed by atoms with Crippen LogP contribution < -0.4 is 14.4 Å². The molecule has 0 radical (unpaired) electrons. The fourth-order valence-corrected chi connectivity index (χ4v) is 5.12. The molecule has 1 amide bonds. The lowest BCUT2D eigenvalue weighted by Gasteiger charge is -2.25. The number of rotatable bonds is 9. The number of carbonyl (C=O) groups is 1. The second-order valence-corrected chi connectivity index (χ2v) is 10.2. The monoisotopic (exact) mass is 530 g/mol. The van der Waals surface area contributed by atoms with E-state index in [2.05, 4.69) is 21.2 Å². The molecule has 0 heterocycles. The van der Waals surface area contributed by atoms with Crippen molar-refractivity contribution in [2.75, 3.05) is 22.8 Å². The summed E-state index contributed by atoms with van der Waals surface area (Å²) in [6.45, 7) is 5.92. The van der Waals surface area contributed by atoms with Gasteiger partial charge in [-0.25, -0.2) is 8.42 Å². The first kappa shape index (κ1) is 24.8. The molecule has 3 aromatic carbocycles. The molecule has 1 N–H and O–H groups in total. The molecule has 0 spiro atoms. The van der Waals surface area contributed by atoms with Crippen LogP contribution in [0, 0.1) is 6.92 Å². The van der Waals surface area contributed by atoms with Crippen LogP contribution in [0.3, 0.4) is 0 Å². The third kappa shape index (κ3) is 5.94. The molecule has 0 aliphatic rings. The van der Waals surface area contributed by atoms with Crippen LogP contribution in [0.2, 0.25) is 0 Å². The summed E-state index contributed by atoms with van der Waals surface area (Å²) >= 11 is 3.33. The Morgan fingerprint density at radius 2 is 1.67 bits per heavy atom. The summed E-state index contributed by atoms with van der Waals surface area (Å²) in [5, 5.41) is 2.92. The molecule has 0 bridgehead atoms. The maximum absolute atomic E-state index is 13.5. The number of carbonyl (C=O) groups excluding carboxylic acids is 1. The van der Waals surface area contributed by atoms with Crippen molar-refractivity contribution in [1.82, 2.24) is 0 Å². The van der Waals surface area contributed by atoms with Crippen molar-refractivity contribution in [3.63, 3.8) is 0 Å². The number of ether oxygens (including phenoxy) is 1. The highest BCUT2D eigenvalue weighted by Crippen LogP contribution is 2.27. The van der Waals surface area contributed by atoms with E-state index < -0.39 is 15.9 Å². The van der Waals surface area contributed by atoms with E-state index in [9.17, 15) is 13.2 Å². The van der Waals surface area contributed by atoms with Crippen LogP contribution in [0.4, 0.5) is 11.4 Å². The molecular weight excluding hydrogens is 504 g/mol. The minimum absolute atomic E-state index is 0.0949. The molecule has 0 saturated carbocycles. The van der Waals surface area contributed by atoms with Crippen molar-refractivity contribution < 1.29 is 17.9 Å². The van der Waals surface area contributed by atoms with Gasteiger partial charge in [-0.2, -0.15) is 0 Å². The van der Waals surface area contributed by atoms with E-state index in [1.807, 2.05) is 39.0 Å². The van der Waals surface area contributed by atoms with Gasteiger partial charge in [0.05, 0.1) is 17.2 Å². The summed E-state index contributed by atoms with van der Waals surface area (Å²) in [4.78, 5) is 13.2. The van der Waals surface area contributed by atoms with Crippen LogP contribution in [-0.4, -0.2) is 27.5 Å². The molecule has 8 heteroatoms. The first-order valence-electron chi connectivity index (χ1n) is 10.7. The van der Waals surface area contributed by atoms with Crippen LogP contribution in [0.1, 0.15) is 25.0 Å². The second kappa shape index (κ2) is 10.9. The van der Waals surface area contributed by atoms with E-state index in [0.717, 1.165) is 32.0 Å². The maximum atomic E-state index is 13.5. The third-order valence-electron chi connectivity index (χ3n) is 5.13. The number of halogens is 1. The number of hydrogen-bond acceptors (Lipinski definition) is 4.